The molecule has 1 amide bonds. The number of carbonyl (C=O) groups excluding carboxylic acids is 1. The third-order valence-electron chi connectivity index (χ3n) is 4.49. The topological polar surface area (TPSA) is 56.8 Å². The summed E-state index contributed by atoms with van der Waals surface area (Å²) >= 11 is 0. The molecule has 0 heterocycles. The minimum atomic E-state index is -0.201. The van der Waals surface area contributed by atoms with Crippen molar-refractivity contribution in [2.45, 2.75) is 6.54 Å². The fourth-order valence-corrected chi connectivity index (χ4v) is 3.05. The highest BCUT2D eigenvalue weighted by atomic mass is 16.5. The van der Waals surface area contributed by atoms with Gasteiger partial charge in [0, 0.05) is 18.2 Å². The van der Waals surface area contributed by atoms with Crippen molar-refractivity contribution < 1.29 is 19.0 Å². The Hall–Kier alpha value is -3.47. The van der Waals surface area contributed by atoms with Gasteiger partial charge in [0.1, 0.15) is 17.2 Å². The van der Waals surface area contributed by atoms with Crippen LogP contribution in [-0.4, -0.2) is 27.2 Å². The van der Waals surface area contributed by atoms with Crippen LogP contribution in [0.25, 0.3) is 16.8 Å². The number of nitrogens with one attached hydrogen (secondary N) is 1. The molecule has 0 unspecified atom stereocenters. The van der Waals surface area contributed by atoms with Crippen molar-refractivity contribution in [1.29, 1.82) is 0 Å². The summed E-state index contributed by atoms with van der Waals surface area (Å²) in [6.07, 6.45) is 3.35. The SMILES string of the molecule is COc1cc(OC)c(CNC(=O)C=Cc2cccc3ccccc23)c(OC)c1. The highest BCUT2D eigenvalue weighted by molar-refractivity contribution is 5.96. The predicted octanol–water partition coefficient (Wildman–Crippen LogP) is 4.20. The minimum Gasteiger partial charge on any atom is -0.496 e. The zero-order chi connectivity index (χ0) is 19.9. The molecule has 0 radical (unpaired) electrons. The van der Waals surface area contributed by atoms with Crippen LogP contribution in [-0.2, 0) is 11.3 Å². The summed E-state index contributed by atoms with van der Waals surface area (Å²) in [5.41, 5.74) is 1.74. The van der Waals surface area contributed by atoms with Crippen molar-refractivity contribution in [3.05, 3.63) is 71.8 Å². The molecule has 0 spiro atoms. The Labute approximate surface area is 164 Å². The number of methoxy groups -OCH3 is 3. The lowest BCUT2D eigenvalue weighted by atomic mass is 10.0. The third kappa shape index (κ3) is 4.26. The molecule has 3 rings (SSSR count). The summed E-state index contributed by atoms with van der Waals surface area (Å²) in [7, 11) is 4.72. The molecule has 0 atom stereocenters. The summed E-state index contributed by atoms with van der Waals surface area (Å²) < 4.78 is 16.1. The van der Waals surface area contributed by atoms with Gasteiger partial charge in [-0.2, -0.15) is 0 Å². The largest absolute Gasteiger partial charge is 0.496 e. The molecule has 0 aromatic heterocycles. The summed E-state index contributed by atoms with van der Waals surface area (Å²) in [5.74, 6) is 1.61. The van der Waals surface area contributed by atoms with E-state index in [9.17, 15) is 4.79 Å². The fourth-order valence-electron chi connectivity index (χ4n) is 3.05. The molecular weight excluding hydrogens is 354 g/mol. The average molecular weight is 377 g/mol. The first kappa shape index (κ1) is 19.3. The van der Waals surface area contributed by atoms with E-state index in [1.54, 1.807) is 33.5 Å². The Balaban J connectivity index is 1.75. The summed E-state index contributed by atoms with van der Waals surface area (Å²) in [6, 6.07) is 17.6. The normalized spacial score (nSPS) is 10.8. The molecule has 0 aliphatic rings. The molecule has 0 aliphatic carbocycles. The van der Waals surface area contributed by atoms with Gasteiger partial charge in [-0.15, -0.1) is 0 Å². The predicted molar refractivity (Wildman–Crippen MR) is 111 cm³/mol. The molecule has 3 aromatic carbocycles. The monoisotopic (exact) mass is 377 g/mol. The fraction of sp³-hybridized carbons (Fsp3) is 0.174. The van der Waals surface area contributed by atoms with Gasteiger partial charge in [0.05, 0.1) is 33.4 Å². The van der Waals surface area contributed by atoms with Gasteiger partial charge in [-0.05, 0) is 22.4 Å². The van der Waals surface area contributed by atoms with Crippen LogP contribution >= 0.6 is 0 Å². The van der Waals surface area contributed by atoms with Gasteiger partial charge >= 0.3 is 0 Å². The Morgan fingerprint density at radius 1 is 0.929 bits per heavy atom. The highest BCUT2D eigenvalue weighted by Crippen LogP contribution is 2.33. The van der Waals surface area contributed by atoms with Crippen molar-refractivity contribution >= 4 is 22.8 Å². The summed E-state index contributed by atoms with van der Waals surface area (Å²) in [5, 5.41) is 5.12. The summed E-state index contributed by atoms with van der Waals surface area (Å²) in [6.45, 7) is 0.273. The zero-order valence-electron chi connectivity index (χ0n) is 16.2. The Morgan fingerprint density at radius 2 is 1.61 bits per heavy atom. The van der Waals surface area contributed by atoms with Crippen molar-refractivity contribution in [3.63, 3.8) is 0 Å². The van der Waals surface area contributed by atoms with E-state index >= 15 is 0 Å². The molecule has 0 bridgehead atoms. The second-order valence-corrected chi connectivity index (χ2v) is 6.13. The van der Waals surface area contributed by atoms with E-state index in [-0.39, 0.29) is 12.5 Å². The Morgan fingerprint density at radius 3 is 2.29 bits per heavy atom. The van der Waals surface area contributed by atoms with Crippen molar-refractivity contribution in [2.24, 2.45) is 0 Å². The summed E-state index contributed by atoms with van der Waals surface area (Å²) in [4.78, 5) is 12.3. The van der Waals surface area contributed by atoms with Crippen LogP contribution in [0.2, 0.25) is 0 Å². The van der Waals surface area contributed by atoms with Gasteiger partial charge in [-0.3, -0.25) is 4.79 Å². The number of hydrogen-bond acceptors (Lipinski definition) is 4. The first-order chi connectivity index (χ1) is 13.7. The lowest BCUT2D eigenvalue weighted by Crippen LogP contribution is -2.21. The maximum atomic E-state index is 12.3. The van der Waals surface area contributed by atoms with E-state index in [4.69, 9.17) is 14.2 Å². The molecule has 5 heteroatoms. The van der Waals surface area contributed by atoms with Crippen molar-refractivity contribution in [2.75, 3.05) is 21.3 Å². The van der Waals surface area contributed by atoms with Crippen LogP contribution in [0, 0.1) is 0 Å². The number of hydrogen-bond donors (Lipinski definition) is 1. The average Bonchev–Trinajstić information content (AvgIpc) is 2.75. The van der Waals surface area contributed by atoms with Crippen LogP contribution < -0.4 is 19.5 Å². The molecule has 28 heavy (non-hydrogen) atoms. The first-order valence-corrected chi connectivity index (χ1v) is 8.89. The molecule has 0 saturated heterocycles. The molecule has 1 N–H and O–H groups in total. The molecular formula is C23H23NO4. The van der Waals surface area contributed by atoms with E-state index < -0.39 is 0 Å². The van der Waals surface area contributed by atoms with Crippen LogP contribution in [0.3, 0.4) is 0 Å². The number of benzene rings is 3. The van der Waals surface area contributed by atoms with E-state index in [2.05, 4.69) is 17.4 Å². The molecule has 0 fully saturated rings. The molecule has 144 valence electrons. The Bertz CT molecular complexity index is 980. The molecule has 5 nitrogen and oxygen atoms in total. The second-order valence-electron chi connectivity index (χ2n) is 6.13. The second kappa shape index (κ2) is 8.95. The van der Waals surface area contributed by atoms with Gasteiger partial charge in [-0.25, -0.2) is 0 Å². The van der Waals surface area contributed by atoms with Gasteiger partial charge in [0.25, 0.3) is 0 Å². The van der Waals surface area contributed by atoms with Gasteiger partial charge < -0.3 is 19.5 Å². The van der Waals surface area contributed by atoms with Crippen molar-refractivity contribution in [3.8, 4) is 17.2 Å². The number of ether oxygens (including phenoxy) is 3. The maximum Gasteiger partial charge on any atom is 0.244 e. The van der Waals surface area contributed by atoms with Crippen LogP contribution in [0.15, 0.2) is 60.7 Å². The lowest BCUT2D eigenvalue weighted by molar-refractivity contribution is -0.116. The minimum absolute atomic E-state index is 0.201. The quantitative estimate of drug-likeness (QED) is 0.627. The number of amides is 1. The highest BCUT2D eigenvalue weighted by Gasteiger charge is 2.13. The number of rotatable bonds is 7. The van der Waals surface area contributed by atoms with Gasteiger partial charge in [0.15, 0.2) is 0 Å². The third-order valence-corrected chi connectivity index (χ3v) is 4.49. The van der Waals surface area contributed by atoms with Gasteiger partial charge in [-0.1, -0.05) is 42.5 Å². The standard InChI is InChI=1S/C23H23NO4/c1-26-18-13-21(27-2)20(22(14-18)28-3)15-24-23(25)12-11-17-9-6-8-16-7-4-5-10-19(16)17/h4-14H,15H2,1-3H3,(H,24,25). The van der Waals surface area contributed by atoms with E-state index in [1.165, 1.54) is 6.08 Å². The molecule has 0 aliphatic heterocycles. The molecule has 3 aromatic rings. The van der Waals surface area contributed by atoms with Crippen LogP contribution in [0.5, 0.6) is 17.2 Å². The van der Waals surface area contributed by atoms with E-state index in [1.807, 2.05) is 36.4 Å². The van der Waals surface area contributed by atoms with E-state index in [0.29, 0.717) is 17.2 Å². The van der Waals surface area contributed by atoms with Gasteiger partial charge in [0.2, 0.25) is 5.91 Å². The Kier molecular flexibility index (Phi) is 6.17. The molecule has 0 saturated carbocycles. The maximum absolute atomic E-state index is 12.3. The van der Waals surface area contributed by atoms with E-state index in [0.717, 1.165) is 21.9 Å². The smallest absolute Gasteiger partial charge is 0.244 e. The lowest BCUT2D eigenvalue weighted by Gasteiger charge is -2.15. The first-order valence-electron chi connectivity index (χ1n) is 8.89. The van der Waals surface area contributed by atoms with Crippen molar-refractivity contribution in [1.82, 2.24) is 5.32 Å². The zero-order valence-corrected chi connectivity index (χ0v) is 16.2. The number of carbonyl (C=O) groups is 1. The van der Waals surface area contributed by atoms with Crippen LogP contribution in [0.1, 0.15) is 11.1 Å². The number of fused-ring (bicyclic) bond motifs is 1. The van der Waals surface area contributed by atoms with Crippen LogP contribution in [0.4, 0.5) is 0 Å².